The summed E-state index contributed by atoms with van der Waals surface area (Å²) in [5, 5.41) is 7.53. The van der Waals surface area contributed by atoms with E-state index >= 15 is 0 Å². The predicted octanol–water partition coefficient (Wildman–Crippen LogP) is 3.29. The number of halogens is 1. The van der Waals surface area contributed by atoms with Crippen molar-refractivity contribution in [1.29, 1.82) is 0 Å². The van der Waals surface area contributed by atoms with Gasteiger partial charge in [0, 0.05) is 30.0 Å². The first kappa shape index (κ1) is 20.0. The molecular formula is C22H23FN4O3. The van der Waals surface area contributed by atoms with Crippen molar-refractivity contribution in [3.8, 4) is 0 Å². The molecule has 1 N–H and O–H groups in total. The predicted molar refractivity (Wildman–Crippen MR) is 108 cm³/mol. The fourth-order valence-corrected chi connectivity index (χ4v) is 3.76. The maximum Gasteiger partial charge on any atom is 0.270 e. The van der Waals surface area contributed by atoms with Gasteiger partial charge in [-0.25, -0.2) is 9.37 Å². The van der Waals surface area contributed by atoms with Gasteiger partial charge < -0.3 is 14.7 Å². The zero-order valence-electron chi connectivity index (χ0n) is 16.9. The number of rotatable bonds is 4. The maximum atomic E-state index is 14.0. The van der Waals surface area contributed by atoms with Gasteiger partial charge in [0.15, 0.2) is 0 Å². The quantitative estimate of drug-likeness (QED) is 0.713. The van der Waals surface area contributed by atoms with Crippen LogP contribution in [0.3, 0.4) is 0 Å². The molecule has 3 aromatic rings. The van der Waals surface area contributed by atoms with Crippen molar-refractivity contribution in [2.75, 3.05) is 6.54 Å². The standard InChI is InChI=1S/C22H23FN4O3/c1-13-17(14(2)30-26-13)12-27-11-10-16(7-9-20(27)28)24-22(29)19-8-6-15-4-3-5-18(23)21(15)25-19/h3-6,8,16H,7,9-12H2,1-2H3,(H,24,29). The molecule has 7 nitrogen and oxygen atoms in total. The van der Waals surface area contributed by atoms with E-state index in [-0.39, 0.29) is 29.1 Å². The highest BCUT2D eigenvalue weighted by molar-refractivity contribution is 5.95. The Bertz CT molecular complexity index is 1090. The average Bonchev–Trinajstić information content (AvgIpc) is 2.94. The van der Waals surface area contributed by atoms with Gasteiger partial charge in [0.25, 0.3) is 5.91 Å². The minimum Gasteiger partial charge on any atom is -0.361 e. The first-order valence-corrected chi connectivity index (χ1v) is 9.98. The van der Waals surface area contributed by atoms with E-state index in [0.29, 0.717) is 43.5 Å². The van der Waals surface area contributed by atoms with Gasteiger partial charge in [0.1, 0.15) is 22.8 Å². The monoisotopic (exact) mass is 410 g/mol. The molecule has 4 rings (SSSR count). The van der Waals surface area contributed by atoms with Crippen molar-refractivity contribution in [2.45, 2.75) is 45.7 Å². The second-order valence-electron chi connectivity index (χ2n) is 7.62. The summed E-state index contributed by atoms with van der Waals surface area (Å²) in [5.41, 5.74) is 2.04. The number of nitrogens with one attached hydrogen (secondary N) is 1. The summed E-state index contributed by atoms with van der Waals surface area (Å²) in [5.74, 6) is -0.0735. The Hall–Kier alpha value is -3.29. The van der Waals surface area contributed by atoms with Gasteiger partial charge in [-0.2, -0.15) is 0 Å². The van der Waals surface area contributed by atoms with Crippen molar-refractivity contribution in [2.24, 2.45) is 0 Å². The summed E-state index contributed by atoms with van der Waals surface area (Å²) in [4.78, 5) is 31.2. The zero-order chi connectivity index (χ0) is 21.3. The summed E-state index contributed by atoms with van der Waals surface area (Å²) >= 11 is 0. The lowest BCUT2D eigenvalue weighted by Gasteiger charge is -2.21. The van der Waals surface area contributed by atoms with Crippen LogP contribution in [0.4, 0.5) is 4.39 Å². The molecule has 3 heterocycles. The van der Waals surface area contributed by atoms with Crippen LogP contribution in [0.15, 0.2) is 34.9 Å². The Morgan fingerprint density at radius 1 is 1.27 bits per heavy atom. The number of likely N-dealkylation sites (tertiary alicyclic amines) is 1. The number of carbonyl (C=O) groups is 2. The van der Waals surface area contributed by atoms with Gasteiger partial charge in [-0.05, 0) is 38.8 Å². The van der Waals surface area contributed by atoms with Crippen LogP contribution < -0.4 is 5.32 Å². The summed E-state index contributed by atoms with van der Waals surface area (Å²) in [6.45, 7) is 4.66. The molecule has 1 aliphatic heterocycles. The summed E-state index contributed by atoms with van der Waals surface area (Å²) < 4.78 is 19.2. The first-order chi connectivity index (χ1) is 14.4. The van der Waals surface area contributed by atoms with Crippen LogP contribution in [0, 0.1) is 19.7 Å². The van der Waals surface area contributed by atoms with Crippen LogP contribution in [0.25, 0.3) is 10.9 Å². The van der Waals surface area contributed by atoms with Crippen LogP contribution in [0.1, 0.15) is 46.8 Å². The highest BCUT2D eigenvalue weighted by Gasteiger charge is 2.26. The van der Waals surface area contributed by atoms with Gasteiger partial charge in [-0.1, -0.05) is 23.4 Å². The van der Waals surface area contributed by atoms with Crippen molar-refractivity contribution < 1.29 is 18.5 Å². The lowest BCUT2D eigenvalue weighted by Crippen LogP contribution is -2.36. The number of aryl methyl sites for hydroxylation is 2. The molecule has 0 aliphatic carbocycles. The largest absolute Gasteiger partial charge is 0.361 e. The molecule has 2 aromatic heterocycles. The Kier molecular flexibility index (Phi) is 5.48. The van der Waals surface area contributed by atoms with Gasteiger partial charge in [0.2, 0.25) is 5.91 Å². The van der Waals surface area contributed by atoms with E-state index in [0.717, 1.165) is 11.3 Å². The van der Waals surface area contributed by atoms with E-state index in [9.17, 15) is 14.0 Å². The molecule has 30 heavy (non-hydrogen) atoms. The molecule has 1 aromatic carbocycles. The van der Waals surface area contributed by atoms with Crippen LogP contribution in [-0.4, -0.2) is 39.4 Å². The van der Waals surface area contributed by atoms with E-state index in [1.807, 2.05) is 13.8 Å². The molecule has 1 unspecified atom stereocenters. The first-order valence-electron chi connectivity index (χ1n) is 9.98. The number of para-hydroxylation sites is 1. The van der Waals surface area contributed by atoms with Crippen molar-refractivity contribution in [1.82, 2.24) is 20.4 Å². The molecule has 0 bridgehead atoms. The number of amides is 2. The molecular weight excluding hydrogens is 387 g/mol. The van der Waals surface area contributed by atoms with Crippen molar-refractivity contribution >= 4 is 22.7 Å². The second-order valence-corrected chi connectivity index (χ2v) is 7.62. The number of hydrogen-bond donors (Lipinski definition) is 1. The van der Waals surface area contributed by atoms with E-state index in [1.165, 1.54) is 6.07 Å². The van der Waals surface area contributed by atoms with Crippen molar-refractivity contribution in [3.63, 3.8) is 0 Å². The SMILES string of the molecule is Cc1noc(C)c1CN1CCC(NC(=O)c2ccc3cccc(F)c3n2)CCC1=O. The lowest BCUT2D eigenvalue weighted by molar-refractivity contribution is -0.131. The number of carbonyl (C=O) groups excluding carboxylic acids is 2. The minimum atomic E-state index is -0.461. The highest BCUT2D eigenvalue weighted by atomic mass is 19.1. The molecule has 0 radical (unpaired) electrons. The normalized spacial score (nSPS) is 17.2. The number of hydrogen-bond acceptors (Lipinski definition) is 5. The zero-order valence-corrected chi connectivity index (χ0v) is 16.9. The number of aromatic nitrogens is 2. The van der Waals surface area contributed by atoms with Gasteiger partial charge in [0.05, 0.1) is 12.2 Å². The van der Waals surface area contributed by atoms with Crippen LogP contribution in [0.5, 0.6) is 0 Å². The fourth-order valence-electron chi connectivity index (χ4n) is 3.76. The smallest absolute Gasteiger partial charge is 0.270 e. The van der Waals surface area contributed by atoms with E-state index < -0.39 is 5.82 Å². The summed E-state index contributed by atoms with van der Waals surface area (Å²) in [6.07, 6.45) is 1.52. The summed E-state index contributed by atoms with van der Waals surface area (Å²) in [6, 6.07) is 7.79. The van der Waals surface area contributed by atoms with Gasteiger partial charge in [-0.3, -0.25) is 9.59 Å². The van der Waals surface area contributed by atoms with E-state index in [1.54, 1.807) is 29.2 Å². The number of pyridine rings is 1. The topological polar surface area (TPSA) is 88.3 Å². The third-order valence-corrected chi connectivity index (χ3v) is 5.58. The molecule has 8 heteroatoms. The Morgan fingerprint density at radius 2 is 2.10 bits per heavy atom. The number of benzene rings is 1. The molecule has 1 aliphatic rings. The van der Waals surface area contributed by atoms with Gasteiger partial charge in [-0.15, -0.1) is 0 Å². The maximum absolute atomic E-state index is 14.0. The Labute approximate surface area is 173 Å². The molecule has 1 fully saturated rings. The average molecular weight is 410 g/mol. The molecule has 0 saturated carbocycles. The molecule has 0 spiro atoms. The van der Waals surface area contributed by atoms with Crippen LogP contribution in [-0.2, 0) is 11.3 Å². The van der Waals surface area contributed by atoms with Crippen LogP contribution in [0.2, 0.25) is 0 Å². The van der Waals surface area contributed by atoms with Crippen molar-refractivity contribution in [3.05, 3.63) is 58.9 Å². The third-order valence-electron chi connectivity index (χ3n) is 5.58. The third kappa shape index (κ3) is 4.03. The van der Waals surface area contributed by atoms with E-state index in [2.05, 4.69) is 15.5 Å². The highest BCUT2D eigenvalue weighted by Crippen LogP contribution is 2.20. The minimum absolute atomic E-state index is 0.0395. The molecule has 1 saturated heterocycles. The molecule has 156 valence electrons. The van der Waals surface area contributed by atoms with E-state index in [4.69, 9.17) is 4.52 Å². The number of fused-ring (bicyclic) bond motifs is 1. The molecule has 1 atom stereocenters. The van der Waals surface area contributed by atoms with Gasteiger partial charge >= 0.3 is 0 Å². The Morgan fingerprint density at radius 3 is 2.87 bits per heavy atom. The lowest BCUT2D eigenvalue weighted by atomic mass is 10.1. The molecule has 2 amide bonds. The number of nitrogens with zero attached hydrogens (tertiary/aromatic N) is 3. The van der Waals surface area contributed by atoms with Crippen LogP contribution >= 0.6 is 0 Å². The summed E-state index contributed by atoms with van der Waals surface area (Å²) in [7, 11) is 0. The Balaban J connectivity index is 1.43. The fraction of sp³-hybridized carbons (Fsp3) is 0.364. The second kappa shape index (κ2) is 8.22.